The Morgan fingerprint density at radius 2 is 1.75 bits per heavy atom. The van der Waals surface area contributed by atoms with Gasteiger partial charge in [-0.15, -0.1) is 0 Å². The van der Waals surface area contributed by atoms with Gasteiger partial charge < -0.3 is 10.6 Å². The van der Waals surface area contributed by atoms with Gasteiger partial charge in [0.15, 0.2) is 0 Å². The highest BCUT2D eigenvalue weighted by molar-refractivity contribution is 4.96. The summed E-state index contributed by atoms with van der Waals surface area (Å²) in [7, 11) is 2.37. The van der Waals surface area contributed by atoms with E-state index in [1.54, 1.807) is 0 Å². The largest absolute Gasteiger partial charge is 0.329 e. The first-order valence-corrected chi connectivity index (χ1v) is 8.87. The monoisotopic (exact) mass is 281 g/mol. The third-order valence-corrected chi connectivity index (χ3v) is 5.96. The molecule has 0 aromatic carbocycles. The molecule has 2 N–H and O–H groups in total. The molecule has 2 aliphatic rings. The van der Waals surface area contributed by atoms with Crippen molar-refractivity contribution in [2.75, 3.05) is 33.2 Å². The lowest BCUT2D eigenvalue weighted by molar-refractivity contribution is 0.0553. The number of likely N-dealkylation sites (N-methyl/N-ethyl adjacent to an activating group) is 1. The van der Waals surface area contributed by atoms with Gasteiger partial charge in [0.05, 0.1) is 0 Å². The van der Waals surface area contributed by atoms with Crippen molar-refractivity contribution in [1.29, 1.82) is 0 Å². The zero-order valence-corrected chi connectivity index (χ0v) is 13.7. The second-order valence-corrected chi connectivity index (χ2v) is 6.97. The molecule has 0 bridgehead atoms. The van der Waals surface area contributed by atoms with Crippen molar-refractivity contribution >= 4 is 0 Å². The number of nitrogens with zero attached hydrogens (tertiary/aromatic N) is 2. The summed E-state index contributed by atoms with van der Waals surface area (Å²) >= 11 is 0. The second-order valence-electron chi connectivity index (χ2n) is 6.97. The van der Waals surface area contributed by atoms with Gasteiger partial charge in [-0.2, -0.15) is 0 Å². The molecule has 0 radical (unpaired) electrons. The van der Waals surface area contributed by atoms with E-state index in [4.69, 9.17) is 5.73 Å². The van der Waals surface area contributed by atoms with Crippen molar-refractivity contribution in [3.63, 3.8) is 0 Å². The van der Waals surface area contributed by atoms with Crippen molar-refractivity contribution in [2.45, 2.75) is 76.3 Å². The lowest BCUT2D eigenvalue weighted by Gasteiger charge is -2.45. The molecule has 20 heavy (non-hydrogen) atoms. The molecule has 1 aliphatic heterocycles. The van der Waals surface area contributed by atoms with E-state index in [2.05, 4.69) is 23.8 Å². The number of rotatable bonds is 4. The van der Waals surface area contributed by atoms with Crippen molar-refractivity contribution in [2.24, 2.45) is 5.73 Å². The van der Waals surface area contributed by atoms with Crippen LogP contribution in [0.1, 0.15) is 64.7 Å². The van der Waals surface area contributed by atoms with Crippen LogP contribution < -0.4 is 5.73 Å². The quantitative estimate of drug-likeness (QED) is 0.804. The molecule has 1 saturated carbocycles. The Bertz CT molecular complexity index is 273. The van der Waals surface area contributed by atoms with Gasteiger partial charge in [0.25, 0.3) is 0 Å². The van der Waals surface area contributed by atoms with Gasteiger partial charge in [-0.25, -0.2) is 0 Å². The maximum Gasteiger partial charge on any atom is 0.0344 e. The molecule has 1 atom stereocenters. The molecule has 0 spiro atoms. The average Bonchev–Trinajstić information content (AvgIpc) is 2.87. The van der Waals surface area contributed by atoms with Crippen LogP contribution in [0.4, 0.5) is 0 Å². The van der Waals surface area contributed by atoms with Gasteiger partial charge in [0.1, 0.15) is 0 Å². The Balaban J connectivity index is 2.04. The SMILES string of the molecule is CCN1CCCC(CN)(N(C)C2CCCCCC2)CC1. The van der Waals surface area contributed by atoms with E-state index < -0.39 is 0 Å². The highest BCUT2D eigenvalue weighted by Gasteiger charge is 2.38. The van der Waals surface area contributed by atoms with Crippen molar-refractivity contribution in [3.05, 3.63) is 0 Å². The molecule has 1 saturated heterocycles. The number of nitrogens with two attached hydrogens (primary N) is 1. The van der Waals surface area contributed by atoms with Gasteiger partial charge in [0.2, 0.25) is 0 Å². The molecule has 1 aliphatic carbocycles. The zero-order valence-electron chi connectivity index (χ0n) is 13.7. The van der Waals surface area contributed by atoms with Crippen LogP contribution >= 0.6 is 0 Å². The summed E-state index contributed by atoms with van der Waals surface area (Å²) in [6.45, 7) is 6.79. The summed E-state index contributed by atoms with van der Waals surface area (Å²) in [5, 5.41) is 0. The Hall–Kier alpha value is -0.120. The van der Waals surface area contributed by atoms with E-state index in [1.807, 2.05) is 0 Å². The first-order valence-electron chi connectivity index (χ1n) is 8.87. The highest BCUT2D eigenvalue weighted by atomic mass is 15.2. The molecular weight excluding hydrogens is 246 g/mol. The van der Waals surface area contributed by atoms with Gasteiger partial charge in [-0.1, -0.05) is 32.6 Å². The van der Waals surface area contributed by atoms with Gasteiger partial charge in [-0.3, -0.25) is 4.90 Å². The van der Waals surface area contributed by atoms with Crippen LogP contribution in [-0.2, 0) is 0 Å². The fourth-order valence-corrected chi connectivity index (χ4v) is 4.28. The fourth-order valence-electron chi connectivity index (χ4n) is 4.28. The Kier molecular flexibility index (Phi) is 6.31. The maximum absolute atomic E-state index is 6.28. The van der Waals surface area contributed by atoms with Crippen LogP contribution in [-0.4, -0.2) is 54.6 Å². The molecule has 2 fully saturated rings. The van der Waals surface area contributed by atoms with Crippen molar-refractivity contribution in [1.82, 2.24) is 9.80 Å². The van der Waals surface area contributed by atoms with E-state index >= 15 is 0 Å². The molecule has 1 unspecified atom stereocenters. The Morgan fingerprint density at radius 1 is 1.05 bits per heavy atom. The van der Waals surface area contributed by atoms with Crippen LogP contribution in [0.25, 0.3) is 0 Å². The summed E-state index contributed by atoms with van der Waals surface area (Å²) in [6.07, 6.45) is 12.3. The van der Waals surface area contributed by atoms with E-state index in [-0.39, 0.29) is 5.54 Å². The third kappa shape index (κ3) is 3.75. The first kappa shape index (κ1) is 16.3. The number of hydrogen-bond acceptors (Lipinski definition) is 3. The molecule has 118 valence electrons. The van der Waals surface area contributed by atoms with Gasteiger partial charge >= 0.3 is 0 Å². The van der Waals surface area contributed by atoms with Crippen molar-refractivity contribution in [3.8, 4) is 0 Å². The minimum absolute atomic E-state index is 0.263. The van der Waals surface area contributed by atoms with E-state index in [0.717, 1.165) is 12.6 Å². The summed E-state index contributed by atoms with van der Waals surface area (Å²) in [5.74, 6) is 0. The van der Waals surface area contributed by atoms with Gasteiger partial charge in [-0.05, 0) is 58.8 Å². The third-order valence-electron chi connectivity index (χ3n) is 5.96. The lowest BCUT2D eigenvalue weighted by atomic mass is 9.86. The predicted molar refractivity (Wildman–Crippen MR) is 87.0 cm³/mol. The van der Waals surface area contributed by atoms with Crippen LogP contribution in [0.5, 0.6) is 0 Å². The fraction of sp³-hybridized carbons (Fsp3) is 1.00. The topological polar surface area (TPSA) is 32.5 Å². The van der Waals surface area contributed by atoms with Crippen LogP contribution in [0, 0.1) is 0 Å². The molecule has 3 nitrogen and oxygen atoms in total. The minimum atomic E-state index is 0.263. The molecule has 1 heterocycles. The smallest absolute Gasteiger partial charge is 0.0344 e. The van der Waals surface area contributed by atoms with E-state index in [0.29, 0.717) is 0 Å². The standard InChI is InChI=1S/C17H35N3/c1-3-20-13-8-11-17(15-18,12-14-20)19(2)16-9-6-4-5-7-10-16/h16H,3-15,18H2,1-2H3. The predicted octanol–water partition coefficient (Wildman–Crippen LogP) is 2.84. The highest BCUT2D eigenvalue weighted by Crippen LogP contribution is 2.32. The molecule has 0 aromatic rings. The molecule has 3 heteroatoms. The Morgan fingerprint density at radius 3 is 2.35 bits per heavy atom. The summed E-state index contributed by atoms with van der Waals surface area (Å²) in [4.78, 5) is 5.30. The second kappa shape index (κ2) is 7.77. The zero-order chi connectivity index (χ0) is 14.4. The first-order chi connectivity index (χ1) is 9.72. The minimum Gasteiger partial charge on any atom is -0.329 e. The normalized spacial score (nSPS) is 31.2. The maximum atomic E-state index is 6.28. The molecule has 0 amide bonds. The van der Waals surface area contributed by atoms with Crippen LogP contribution in [0.2, 0.25) is 0 Å². The summed E-state index contributed by atoms with van der Waals surface area (Å²) < 4.78 is 0. The number of likely N-dealkylation sites (tertiary alicyclic amines) is 1. The van der Waals surface area contributed by atoms with Gasteiger partial charge in [0, 0.05) is 18.1 Å². The van der Waals surface area contributed by atoms with Crippen molar-refractivity contribution < 1.29 is 0 Å². The van der Waals surface area contributed by atoms with Crippen LogP contribution in [0.15, 0.2) is 0 Å². The average molecular weight is 281 g/mol. The summed E-state index contributed by atoms with van der Waals surface area (Å²) in [5.41, 5.74) is 6.54. The Labute approximate surface area is 125 Å². The molecular formula is C17H35N3. The van der Waals surface area contributed by atoms with E-state index in [1.165, 1.54) is 77.4 Å². The molecule has 0 aromatic heterocycles. The molecule has 2 rings (SSSR count). The summed E-state index contributed by atoms with van der Waals surface area (Å²) in [6, 6.07) is 0.772. The van der Waals surface area contributed by atoms with E-state index in [9.17, 15) is 0 Å². The van der Waals surface area contributed by atoms with Crippen LogP contribution in [0.3, 0.4) is 0 Å². The lowest BCUT2D eigenvalue weighted by Crippen LogP contribution is -2.56. The number of hydrogen-bond donors (Lipinski definition) is 1.